The molecule has 1 aromatic heterocycles. The molecule has 1 aliphatic rings. The Morgan fingerprint density at radius 2 is 2.03 bits per heavy atom. The molecule has 1 aliphatic heterocycles. The number of hydrogen-bond donors (Lipinski definition) is 4. The van der Waals surface area contributed by atoms with E-state index in [4.69, 9.17) is 5.73 Å². The number of anilines is 2. The van der Waals surface area contributed by atoms with Crippen molar-refractivity contribution in [2.75, 3.05) is 30.3 Å². The first kappa shape index (κ1) is 24.4. The number of urea groups is 1. The Bertz CT molecular complexity index is 805. The van der Waals surface area contributed by atoms with Crippen molar-refractivity contribution in [2.24, 2.45) is 11.1 Å². The Kier molecular flexibility index (Phi) is 8.22. The quantitative estimate of drug-likeness (QED) is 0.501. The predicted molar refractivity (Wildman–Crippen MR) is 121 cm³/mol. The lowest BCUT2D eigenvalue weighted by molar-refractivity contribution is -0.124. The first-order valence-corrected chi connectivity index (χ1v) is 10.8. The van der Waals surface area contributed by atoms with Gasteiger partial charge in [-0.3, -0.25) is 4.79 Å². The van der Waals surface area contributed by atoms with Crippen LogP contribution in [0.25, 0.3) is 0 Å². The minimum Gasteiger partial charge on any atom is -0.357 e. The van der Waals surface area contributed by atoms with Gasteiger partial charge >= 0.3 is 6.03 Å². The summed E-state index contributed by atoms with van der Waals surface area (Å²) in [6.45, 7) is 10.8. The summed E-state index contributed by atoms with van der Waals surface area (Å²) in [6, 6.07) is 4.33. The zero-order valence-electron chi connectivity index (χ0n) is 19.0. The van der Waals surface area contributed by atoms with E-state index in [0.717, 1.165) is 26.1 Å². The Hall–Kier alpha value is -2.86. The molecule has 1 unspecified atom stereocenters. The van der Waals surface area contributed by atoms with Crippen LogP contribution >= 0.6 is 0 Å². The molecular weight excluding hydrogens is 394 g/mol. The van der Waals surface area contributed by atoms with E-state index in [1.54, 1.807) is 18.3 Å². The Morgan fingerprint density at radius 3 is 2.58 bits per heavy atom. The molecule has 31 heavy (non-hydrogen) atoms. The number of aromatic nitrogens is 1. The molecule has 0 aliphatic carbocycles. The lowest BCUT2D eigenvalue weighted by Crippen LogP contribution is -2.57. The largest absolute Gasteiger partial charge is 0.357 e. The third-order valence-electron chi connectivity index (χ3n) is 5.34. The van der Waals surface area contributed by atoms with Gasteiger partial charge in [0.25, 0.3) is 0 Å². The monoisotopic (exact) mass is 429 g/mol. The average molecular weight is 430 g/mol. The number of piperidine rings is 1. The standard InChI is InChI=1S/C22H35N7O2/c1-5-11-29-12-8-22(15-23,9-13-29)28-19(30)17(14-21(2,3)4)26-18-16(27-20(24)31)7-6-10-25-18/h6-7,10,17H,5,8-9,11-14H2,1-4H3,(H,25,26)(H,28,30)(H3,24,27,31). The lowest BCUT2D eigenvalue weighted by atomic mass is 9.85. The molecule has 1 saturated heterocycles. The molecule has 170 valence electrons. The van der Waals surface area contributed by atoms with Crippen molar-refractivity contribution in [2.45, 2.75) is 65.0 Å². The highest BCUT2D eigenvalue weighted by Gasteiger charge is 2.38. The summed E-state index contributed by atoms with van der Waals surface area (Å²) in [5, 5.41) is 18.6. The first-order chi connectivity index (χ1) is 14.6. The summed E-state index contributed by atoms with van der Waals surface area (Å²) in [5.41, 5.74) is 4.61. The SMILES string of the molecule is CCCN1CCC(C#N)(NC(=O)C(CC(C)(C)C)Nc2ncccc2NC(N)=O)CC1. The van der Waals surface area contributed by atoms with Crippen molar-refractivity contribution in [1.82, 2.24) is 15.2 Å². The summed E-state index contributed by atoms with van der Waals surface area (Å²) < 4.78 is 0. The van der Waals surface area contributed by atoms with Crippen LogP contribution in [0.1, 0.15) is 53.4 Å². The van der Waals surface area contributed by atoms with E-state index >= 15 is 0 Å². The molecule has 2 heterocycles. The van der Waals surface area contributed by atoms with Crippen molar-refractivity contribution in [3.63, 3.8) is 0 Å². The van der Waals surface area contributed by atoms with E-state index < -0.39 is 17.6 Å². The number of nitriles is 1. The maximum absolute atomic E-state index is 13.3. The molecule has 9 nitrogen and oxygen atoms in total. The lowest BCUT2D eigenvalue weighted by Gasteiger charge is -2.39. The van der Waals surface area contributed by atoms with Gasteiger partial charge in [0, 0.05) is 19.3 Å². The topological polar surface area (TPSA) is 136 Å². The number of likely N-dealkylation sites (tertiary alicyclic amines) is 1. The van der Waals surface area contributed by atoms with Crippen LogP contribution in [-0.2, 0) is 4.79 Å². The number of carbonyl (C=O) groups is 2. The van der Waals surface area contributed by atoms with Crippen LogP contribution in [-0.4, -0.2) is 53.0 Å². The van der Waals surface area contributed by atoms with Crippen LogP contribution in [0.15, 0.2) is 18.3 Å². The molecule has 0 saturated carbocycles. The highest BCUT2D eigenvalue weighted by molar-refractivity contribution is 5.92. The minimum absolute atomic E-state index is 0.161. The molecule has 0 spiro atoms. The van der Waals surface area contributed by atoms with Crippen LogP contribution in [0, 0.1) is 16.7 Å². The van der Waals surface area contributed by atoms with Crippen molar-refractivity contribution in [1.29, 1.82) is 5.26 Å². The fraction of sp³-hybridized carbons (Fsp3) is 0.636. The van der Waals surface area contributed by atoms with Gasteiger partial charge in [-0.1, -0.05) is 27.7 Å². The van der Waals surface area contributed by atoms with Crippen molar-refractivity contribution < 1.29 is 9.59 Å². The summed E-state index contributed by atoms with van der Waals surface area (Å²) >= 11 is 0. The highest BCUT2D eigenvalue weighted by atomic mass is 16.2. The number of carbonyl (C=O) groups excluding carboxylic acids is 2. The summed E-state index contributed by atoms with van der Waals surface area (Å²) in [7, 11) is 0. The van der Waals surface area contributed by atoms with Crippen molar-refractivity contribution in [3.05, 3.63) is 18.3 Å². The molecule has 0 bridgehead atoms. The number of nitrogens with one attached hydrogen (secondary N) is 3. The molecule has 3 amide bonds. The second kappa shape index (κ2) is 10.4. The first-order valence-electron chi connectivity index (χ1n) is 10.8. The number of rotatable bonds is 8. The van der Waals surface area contributed by atoms with Crippen LogP contribution in [0.5, 0.6) is 0 Å². The van der Waals surface area contributed by atoms with Gasteiger partial charge in [0.1, 0.15) is 17.4 Å². The molecule has 2 rings (SSSR count). The van der Waals surface area contributed by atoms with Crippen molar-refractivity contribution in [3.8, 4) is 6.07 Å². The number of nitrogens with two attached hydrogens (primary N) is 1. The molecule has 0 radical (unpaired) electrons. The summed E-state index contributed by atoms with van der Waals surface area (Å²) in [6.07, 6.45) is 4.33. The third-order valence-corrected chi connectivity index (χ3v) is 5.34. The van der Waals surface area contributed by atoms with Gasteiger partial charge in [-0.25, -0.2) is 9.78 Å². The number of pyridine rings is 1. The highest BCUT2D eigenvalue weighted by Crippen LogP contribution is 2.27. The van der Waals surface area contributed by atoms with Crippen LogP contribution in [0.3, 0.4) is 0 Å². The van der Waals surface area contributed by atoms with E-state index in [1.807, 2.05) is 20.8 Å². The van der Waals surface area contributed by atoms with E-state index in [1.165, 1.54) is 0 Å². The number of amides is 3. The molecule has 1 fully saturated rings. The third kappa shape index (κ3) is 7.40. The minimum atomic E-state index is -0.877. The van der Waals surface area contributed by atoms with Gasteiger partial charge in [-0.05, 0) is 49.8 Å². The van der Waals surface area contributed by atoms with Gasteiger partial charge in [0.05, 0.1) is 11.8 Å². The van der Waals surface area contributed by atoms with E-state index in [9.17, 15) is 14.9 Å². The van der Waals surface area contributed by atoms with Gasteiger partial charge in [-0.15, -0.1) is 0 Å². The Morgan fingerprint density at radius 1 is 1.35 bits per heavy atom. The fourth-order valence-corrected chi connectivity index (χ4v) is 3.80. The molecule has 1 aromatic rings. The van der Waals surface area contributed by atoms with Gasteiger partial charge < -0.3 is 26.6 Å². The number of hydrogen-bond acceptors (Lipinski definition) is 6. The van der Waals surface area contributed by atoms with E-state index in [0.29, 0.717) is 30.8 Å². The molecular formula is C22H35N7O2. The summed E-state index contributed by atoms with van der Waals surface area (Å²) in [4.78, 5) is 31.2. The predicted octanol–water partition coefficient (Wildman–Crippen LogP) is 2.67. The van der Waals surface area contributed by atoms with Gasteiger partial charge in [0.15, 0.2) is 0 Å². The van der Waals surface area contributed by atoms with Gasteiger partial charge in [0.2, 0.25) is 5.91 Å². The fourth-order valence-electron chi connectivity index (χ4n) is 3.80. The normalized spacial score (nSPS) is 17.3. The Balaban J connectivity index is 2.19. The number of nitrogens with zero attached hydrogens (tertiary/aromatic N) is 3. The molecule has 5 N–H and O–H groups in total. The van der Waals surface area contributed by atoms with E-state index in [-0.39, 0.29) is 11.3 Å². The molecule has 1 atom stereocenters. The van der Waals surface area contributed by atoms with Crippen LogP contribution in [0.2, 0.25) is 0 Å². The van der Waals surface area contributed by atoms with Crippen LogP contribution < -0.4 is 21.7 Å². The summed E-state index contributed by atoms with van der Waals surface area (Å²) in [5.74, 6) is 0.102. The maximum Gasteiger partial charge on any atom is 0.316 e. The zero-order chi connectivity index (χ0) is 23.1. The van der Waals surface area contributed by atoms with E-state index in [2.05, 4.69) is 38.8 Å². The Labute approximate surface area is 184 Å². The average Bonchev–Trinajstić information content (AvgIpc) is 2.69. The van der Waals surface area contributed by atoms with Crippen LogP contribution in [0.4, 0.5) is 16.3 Å². The number of primary amides is 1. The smallest absolute Gasteiger partial charge is 0.316 e. The molecule has 0 aromatic carbocycles. The zero-order valence-corrected chi connectivity index (χ0v) is 19.0. The van der Waals surface area contributed by atoms with Gasteiger partial charge in [-0.2, -0.15) is 5.26 Å². The second-order valence-electron chi connectivity index (χ2n) is 9.38. The molecule has 9 heteroatoms. The van der Waals surface area contributed by atoms with Crippen molar-refractivity contribution >= 4 is 23.4 Å². The maximum atomic E-state index is 13.3. The second-order valence-corrected chi connectivity index (χ2v) is 9.38.